The van der Waals surface area contributed by atoms with Crippen molar-refractivity contribution in [3.8, 4) is 10.4 Å². The van der Waals surface area contributed by atoms with Crippen LogP contribution in [0.25, 0.3) is 10.4 Å². The van der Waals surface area contributed by atoms with Crippen LogP contribution in [0.5, 0.6) is 0 Å². The van der Waals surface area contributed by atoms with Crippen molar-refractivity contribution in [2.75, 3.05) is 10.6 Å². The molecule has 0 unspecified atom stereocenters. The average molecular weight is 442 g/mol. The molecule has 2 amide bonds. The smallest absolute Gasteiger partial charge is 0.348 e. The number of halogens is 3. The predicted molar refractivity (Wildman–Crippen MR) is 111 cm³/mol. The summed E-state index contributed by atoms with van der Waals surface area (Å²) in [5, 5.41) is 15.8. The topological polar surface area (TPSA) is 78.4 Å². The van der Waals surface area contributed by atoms with E-state index in [1.165, 1.54) is 6.07 Å². The number of anilines is 2. The van der Waals surface area contributed by atoms with Gasteiger partial charge in [0.05, 0.1) is 16.4 Å². The van der Waals surface area contributed by atoms with Crippen LogP contribution in [-0.4, -0.2) is 17.1 Å². The van der Waals surface area contributed by atoms with Gasteiger partial charge in [-0.25, -0.2) is 9.59 Å². The quantitative estimate of drug-likeness (QED) is 0.420. The maximum atomic E-state index is 12.3. The summed E-state index contributed by atoms with van der Waals surface area (Å²) in [5.74, 6) is -1.14. The number of nitrogens with one attached hydrogen (secondary N) is 2. The molecule has 0 aliphatic heterocycles. The van der Waals surface area contributed by atoms with E-state index in [0.717, 1.165) is 16.9 Å². The van der Waals surface area contributed by atoms with Crippen LogP contribution in [0.2, 0.25) is 15.1 Å². The Bertz CT molecular complexity index is 1020. The summed E-state index contributed by atoms with van der Waals surface area (Å²) in [5.41, 5.74) is 1.32. The highest BCUT2D eigenvalue weighted by atomic mass is 35.5. The molecular weight excluding hydrogens is 431 g/mol. The highest BCUT2D eigenvalue weighted by Gasteiger charge is 2.18. The molecule has 1 heterocycles. The molecule has 2 aromatic carbocycles. The van der Waals surface area contributed by atoms with E-state index in [-0.39, 0.29) is 15.6 Å². The Morgan fingerprint density at radius 1 is 0.852 bits per heavy atom. The fourth-order valence-electron chi connectivity index (χ4n) is 2.27. The summed E-state index contributed by atoms with van der Waals surface area (Å²) in [6, 6.07) is 12.6. The van der Waals surface area contributed by atoms with Crippen LogP contribution < -0.4 is 10.6 Å². The summed E-state index contributed by atoms with van der Waals surface area (Å²) in [6.07, 6.45) is 0. The second-order valence-electron chi connectivity index (χ2n) is 5.37. The normalized spacial score (nSPS) is 10.5. The lowest BCUT2D eigenvalue weighted by atomic mass is 10.2. The molecule has 138 valence electrons. The standard InChI is InChI=1S/C18H11Cl3N2O3S/c19-10-3-1-9(2-4-10)15-8-14(16(27-15)17(24)25)23-18(26)22-13-6-5-11(20)7-12(13)21/h1-8H,(H,24,25)(H2,22,23,26). The van der Waals surface area contributed by atoms with Crippen molar-refractivity contribution >= 4 is 69.5 Å². The van der Waals surface area contributed by atoms with Crippen LogP contribution in [-0.2, 0) is 0 Å². The van der Waals surface area contributed by atoms with Gasteiger partial charge in [0.2, 0.25) is 0 Å². The van der Waals surface area contributed by atoms with Crippen LogP contribution in [0.3, 0.4) is 0 Å². The molecule has 9 heteroatoms. The maximum absolute atomic E-state index is 12.3. The lowest BCUT2D eigenvalue weighted by Crippen LogP contribution is -2.20. The number of carboxylic acid groups (broad SMARTS) is 1. The zero-order chi connectivity index (χ0) is 19.6. The van der Waals surface area contributed by atoms with Gasteiger partial charge in [0.25, 0.3) is 0 Å². The number of carbonyl (C=O) groups excluding carboxylic acids is 1. The third kappa shape index (κ3) is 4.73. The van der Waals surface area contributed by atoms with Crippen LogP contribution in [0.1, 0.15) is 9.67 Å². The molecule has 0 saturated heterocycles. The monoisotopic (exact) mass is 440 g/mol. The molecule has 3 aromatic rings. The van der Waals surface area contributed by atoms with Crippen LogP contribution in [0.15, 0.2) is 48.5 Å². The molecule has 0 spiro atoms. The van der Waals surface area contributed by atoms with Gasteiger partial charge in [-0.2, -0.15) is 0 Å². The van der Waals surface area contributed by atoms with Gasteiger partial charge in [0, 0.05) is 14.9 Å². The fourth-order valence-corrected chi connectivity index (χ4v) is 3.81. The maximum Gasteiger partial charge on any atom is 0.348 e. The van der Waals surface area contributed by atoms with Crippen molar-refractivity contribution < 1.29 is 14.7 Å². The summed E-state index contributed by atoms with van der Waals surface area (Å²) >= 11 is 18.8. The molecule has 1 aromatic heterocycles. The molecule has 0 fully saturated rings. The number of amides is 2. The number of aromatic carboxylic acids is 1. The van der Waals surface area contributed by atoms with E-state index in [9.17, 15) is 14.7 Å². The number of benzene rings is 2. The first-order valence-corrected chi connectivity index (χ1v) is 9.44. The minimum Gasteiger partial charge on any atom is -0.477 e. The van der Waals surface area contributed by atoms with Crippen molar-refractivity contribution in [1.82, 2.24) is 0 Å². The van der Waals surface area contributed by atoms with E-state index in [4.69, 9.17) is 34.8 Å². The molecular formula is C18H11Cl3N2O3S. The van der Waals surface area contributed by atoms with E-state index in [1.807, 2.05) is 0 Å². The Morgan fingerprint density at radius 3 is 2.11 bits per heavy atom. The van der Waals surface area contributed by atoms with E-state index >= 15 is 0 Å². The lowest BCUT2D eigenvalue weighted by molar-refractivity contribution is 0.0703. The Kier molecular flexibility index (Phi) is 5.92. The first-order chi connectivity index (χ1) is 12.8. The van der Waals surface area contributed by atoms with Gasteiger partial charge in [-0.3, -0.25) is 0 Å². The number of carboxylic acids is 1. The molecule has 0 radical (unpaired) electrons. The zero-order valence-corrected chi connectivity index (χ0v) is 16.5. The molecule has 5 nitrogen and oxygen atoms in total. The Balaban J connectivity index is 1.83. The average Bonchev–Trinajstić information content (AvgIpc) is 3.02. The Morgan fingerprint density at radius 2 is 1.48 bits per heavy atom. The second-order valence-corrected chi connectivity index (χ2v) is 7.70. The summed E-state index contributed by atoms with van der Waals surface area (Å²) < 4.78 is 0. The zero-order valence-electron chi connectivity index (χ0n) is 13.4. The van der Waals surface area contributed by atoms with Gasteiger partial charge >= 0.3 is 12.0 Å². The summed E-state index contributed by atoms with van der Waals surface area (Å²) in [4.78, 5) is 24.5. The van der Waals surface area contributed by atoms with Gasteiger partial charge < -0.3 is 15.7 Å². The first kappa shape index (κ1) is 19.5. The Hall–Kier alpha value is -2.25. The van der Waals surface area contributed by atoms with Gasteiger partial charge in [-0.15, -0.1) is 11.3 Å². The lowest BCUT2D eigenvalue weighted by Gasteiger charge is -2.09. The van der Waals surface area contributed by atoms with E-state index < -0.39 is 12.0 Å². The number of carbonyl (C=O) groups is 2. The summed E-state index contributed by atoms with van der Waals surface area (Å²) in [7, 11) is 0. The van der Waals surface area contributed by atoms with E-state index in [2.05, 4.69) is 10.6 Å². The van der Waals surface area contributed by atoms with Crippen LogP contribution in [0, 0.1) is 0 Å². The summed E-state index contributed by atoms with van der Waals surface area (Å²) in [6.45, 7) is 0. The third-order valence-electron chi connectivity index (χ3n) is 3.48. The van der Waals surface area contributed by atoms with Crippen LogP contribution in [0.4, 0.5) is 16.2 Å². The minimum atomic E-state index is -1.14. The van der Waals surface area contributed by atoms with Crippen molar-refractivity contribution in [3.05, 3.63) is 68.5 Å². The van der Waals surface area contributed by atoms with Crippen molar-refractivity contribution in [2.45, 2.75) is 0 Å². The largest absolute Gasteiger partial charge is 0.477 e. The molecule has 3 rings (SSSR count). The van der Waals surface area contributed by atoms with Gasteiger partial charge in [-0.1, -0.05) is 46.9 Å². The van der Waals surface area contributed by atoms with Gasteiger partial charge in [0.15, 0.2) is 0 Å². The highest BCUT2D eigenvalue weighted by molar-refractivity contribution is 7.18. The molecule has 0 aliphatic carbocycles. The number of urea groups is 1. The molecule has 3 N–H and O–H groups in total. The molecule has 27 heavy (non-hydrogen) atoms. The number of rotatable bonds is 4. The molecule has 0 aliphatic rings. The van der Waals surface area contributed by atoms with Crippen molar-refractivity contribution in [3.63, 3.8) is 0 Å². The molecule has 0 saturated carbocycles. The number of hydrogen-bond donors (Lipinski definition) is 3. The molecule has 0 atom stereocenters. The number of thiophene rings is 1. The fraction of sp³-hybridized carbons (Fsp3) is 0. The van der Waals surface area contributed by atoms with E-state index in [1.54, 1.807) is 42.5 Å². The van der Waals surface area contributed by atoms with Gasteiger partial charge in [-0.05, 0) is 42.0 Å². The predicted octanol–water partition coefficient (Wildman–Crippen LogP) is 6.72. The second kappa shape index (κ2) is 8.19. The van der Waals surface area contributed by atoms with E-state index in [0.29, 0.717) is 20.6 Å². The SMILES string of the molecule is O=C(Nc1ccc(Cl)cc1Cl)Nc1cc(-c2ccc(Cl)cc2)sc1C(=O)O. The Labute approximate surface area is 173 Å². The third-order valence-corrected chi connectivity index (χ3v) is 5.45. The van der Waals surface area contributed by atoms with Crippen molar-refractivity contribution in [2.24, 2.45) is 0 Å². The first-order valence-electron chi connectivity index (χ1n) is 7.49. The highest BCUT2D eigenvalue weighted by Crippen LogP contribution is 2.35. The molecule has 0 bridgehead atoms. The number of hydrogen-bond acceptors (Lipinski definition) is 3. The minimum absolute atomic E-state index is 0.0114. The van der Waals surface area contributed by atoms with Crippen LogP contribution >= 0.6 is 46.1 Å². The van der Waals surface area contributed by atoms with Gasteiger partial charge in [0.1, 0.15) is 4.88 Å². The van der Waals surface area contributed by atoms with Crippen molar-refractivity contribution in [1.29, 1.82) is 0 Å².